The molecular formula is C62H91N7O12S. The molecule has 4 amide bonds. The highest BCUT2D eigenvalue weighted by atomic mass is 32.1. The zero-order valence-corrected chi connectivity index (χ0v) is 50.2. The molecule has 2 aliphatic rings. The topological polar surface area (TPSA) is 228 Å². The first-order valence-corrected chi connectivity index (χ1v) is 30.2. The van der Waals surface area contributed by atoms with Crippen LogP contribution in [0.3, 0.4) is 0 Å². The molecule has 0 bridgehead atoms. The summed E-state index contributed by atoms with van der Waals surface area (Å²) >= 11 is 1.17. The quantitative estimate of drug-likeness (QED) is 0.0332. The lowest BCUT2D eigenvalue weighted by Crippen LogP contribution is -2.58. The van der Waals surface area contributed by atoms with E-state index in [9.17, 15) is 33.9 Å². The Morgan fingerprint density at radius 2 is 1.40 bits per heavy atom. The molecule has 0 spiro atoms. The van der Waals surface area contributed by atoms with Crippen molar-refractivity contribution < 1.29 is 57.6 Å². The Kier molecular flexibility index (Phi) is 29.6. The van der Waals surface area contributed by atoms with Gasteiger partial charge >= 0.3 is 18.0 Å². The fourth-order valence-corrected chi connectivity index (χ4v) is 11.1. The second kappa shape index (κ2) is 36.4. The van der Waals surface area contributed by atoms with E-state index < -0.39 is 60.1 Å². The van der Waals surface area contributed by atoms with Crippen molar-refractivity contribution in [2.45, 2.75) is 130 Å². The number of carbonyl (C=O) groups is 6. The average molecular weight is 1160 g/mol. The Bertz CT molecular complexity index is 2450. The molecule has 0 radical (unpaired) electrons. The van der Waals surface area contributed by atoms with E-state index in [0.29, 0.717) is 89.5 Å². The molecule has 7 atom stereocenters. The number of alkyl carbamates (subject to hydrolysis) is 1. The largest absolute Gasteiger partial charge is 0.481 e. The number of piperidine rings is 2. The SMILES string of the molecule is CC[C@@H](C)[C@H](NC(=O)[C@H]1CCCCN1CCOCCOCCOCCNC(=O)OCC1CCN(c2ccccccccc2)CC1)C(=O)N(C)[C@H](CC(OC(C)=O)c1nc(C(=O)N[C@@H](Cc2ccccc2)C[C@H](C)C(=O)O)cs1)C(C)C. The summed E-state index contributed by atoms with van der Waals surface area (Å²) in [7, 11) is 1.71. The predicted molar refractivity (Wildman–Crippen MR) is 317 cm³/mol. The summed E-state index contributed by atoms with van der Waals surface area (Å²) in [5, 5.41) is 20.5. The number of rotatable bonds is 33. The fraction of sp³-hybridized carbons (Fsp3) is 0.597. The van der Waals surface area contributed by atoms with Gasteiger partial charge in [-0.3, -0.25) is 28.9 Å². The first-order chi connectivity index (χ1) is 39.5. The molecule has 452 valence electrons. The van der Waals surface area contributed by atoms with Crippen LogP contribution in [0.25, 0.3) is 0 Å². The van der Waals surface area contributed by atoms with Crippen molar-refractivity contribution in [3.8, 4) is 0 Å². The van der Waals surface area contributed by atoms with Crippen LogP contribution in [0.2, 0.25) is 0 Å². The third-order valence-corrected chi connectivity index (χ3v) is 16.2. The van der Waals surface area contributed by atoms with Gasteiger partial charge in [0, 0.05) is 69.7 Å². The number of carboxylic acid groups (broad SMARTS) is 1. The normalized spacial score (nSPS) is 17.0. The highest BCUT2D eigenvalue weighted by molar-refractivity contribution is 7.09. The third kappa shape index (κ3) is 23.2. The van der Waals surface area contributed by atoms with Gasteiger partial charge in [-0.15, -0.1) is 11.3 Å². The van der Waals surface area contributed by atoms with Crippen LogP contribution < -0.4 is 20.9 Å². The van der Waals surface area contributed by atoms with Crippen molar-refractivity contribution in [2.24, 2.45) is 23.7 Å². The average Bonchev–Trinajstić information content (AvgIpc) is 4.07. The van der Waals surface area contributed by atoms with E-state index in [1.54, 1.807) is 24.3 Å². The maximum Gasteiger partial charge on any atom is 0.407 e. The Balaban J connectivity index is 1.01. The number of hydrogen-bond acceptors (Lipinski definition) is 15. The van der Waals surface area contributed by atoms with E-state index >= 15 is 0 Å². The van der Waals surface area contributed by atoms with Gasteiger partial charge in [-0.05, 0) is 80.5 Å². The van der Waals surface area contributed by atoms with E-state index in [2.05, 4.69) is 42.9 Å². The van der Waals surface area contributed by atoms with E-state index in [-0.39, 0.29) is 42.2 Å². The lowest BCUT2D eigenvalue weighted by molar-refractivity contribution is -0.149. The minimum Gasteiger partial charge on any atom is -0.481 e. The Labute approximate surface area is 489 Å². The molecule has 2 aromatic carbocycles. The van der Waals surface area contributed by atoms with Gasteiger partial charge in [-0.1, -0.05) is 120 Å². The predicted octanol–water partition coefficient (Wildman–Crippen LogP) is 8.27. The summed E-state index contributed by atoms with van der Waals surface area (Å²) in [6.45, 7) is 16.8. The van der Waals surface area contributed by atoms with Crippen LogP contribution >= 0.6 is 11.3 Å². The molecule has 82 heavy (non-hydrogen) atoms. The fourth-order valence-electron chi connectivity index (χ4n) is 10.2. The number of likely N-dealkylation sites (tertiary alicyclic amines) is 1. The maximum absolute atomic E-state index is 14.6. The number of aromatic nitrogens is 1. The smallest absolute Gasteiger partial charge is 0.407 e. The molecule has 5 rings (SSSR count). The molecular weight excluding hydrogens is 1070 g/mol. The van der Waals surface area contributed by atoms with Crippen LogP contribution in [0.1, 0.15) is 120 Å². The second-order valence-electron chi connectivity index (χ2n) is 21.8. The van der Waals surface area contributed by atoms with Crippen LogP contribution in [0, 0.1) is 23.7 Å². The summed E-state index contributed by atoms with van der Waals surface area (Å²) < 4.78 is 28.6. The number of likely N-dealkylation sites (N-methyl/N-ethyl adjacent to an activating group) is 1. The van der Waals surface area contributed by atoms with Gasteiger partial charge < -0.3 is 54.5 Å². The number of thiazole rings is 1. The van der Waals surface area contributed by atoms with Crippen molar-refractivity contribution in [1.29, 1.82) is 0 Å². The second-order valence-corrected chi connectivity index (χ2v) is 22.7. The lowest BCUT2D eigenvalue weighted by Gasteiger charge is -2.39. The molecule has 2 aliphatic heterocycles. The Morgan fingerprint density at radius 1 is 0.780 bits per heavy atom. The minimum absolute atomic E-state index is 0.107. The zero-order valence-electron chi connectivity index (χ0n) is 49.3. The number of anilines is 1. The van der Waals surface area contributed by atoms with Crippen molar-refractivity contribution >= 4 is 52.8 Å². The molecule has 3 heterocycles. The maximum atomic E-state index is 14.6. The molecule has 3 aromatic rings. The van der Waals surface area contributed by atoms with Gasteiger partial charge in [0.2, 0.25) is 11.8 Å². The summed E-state index contributed by atoms with van der Waals surface area (Å²) in [6, 6.07) is 25.7. The minimum atomic E-state index is -0.959. The number of ether oxygens (including phenoxy) is 5. The van der Waals surface area contributed by atoms with Crippen molar-refractivity contribution in [1.82, 2.24) is 30.7 Å². The van der Waals surface area contributed by atoms with Crippen LogP contribution in [0.15, 0.2) is 90.3 Å². The van der Waals surface area contributed by atoms with E-state index in [1.165, 1.54) is 23.9 Å². The van der Waals surface area contributed by atoms with Gasteiger partial charge in [0.1, 0.15) is 16.7 Å². The highest BCUT2D eigenvalue weighted by Crippen LogP contribution is 2.32. The molecule has 0 saturated carbocycles. The zero-order chi connectivity index (χ0) is 59.2. The molecule has 2 saturated heterocycles. The van der Waals surface area contributed by atoms with Crippen LogP contribution in [0.5, 0.6) is 0 Å². The van der Waals surface area contributed by atoms with Gasteiger partial charge in [0.05, 0.1) is 58.2 Å². The molecule has 0 aliphatic carbocycles. The summed E-state index contributed by atoms with van der Waals surface area (Å²) in [4.78, 5) is 89.9. The third-order valence-electron chi connectivity index (χ3n) is 15.2. The number of benzene rings is 1. The van der Waals surface area contributed by atoms with Crippen molar-refractivity contribution in [3.05, 3.63) is 107 Å². The number of nitrogens with zero attached hydrogens (tertiary/aromatic N) is 4. The first-order valence-electron chi connectivity index (χ1n) is 29.3. The lowest BCUT2D eigenvalue weighted by atomic mass is 9.92. The Hall–Kier alpha value is -6.19. The summed E-state index contributed by atoms with van der Waals surface area (Å²) in [6.07, 6.45) is 4.49. The van der Waals surface area contributed by atoms with Gasteiger partial charge in [-0.2, -0.15) is 0 Å². The van der Waals surface area contributed by atoms with Gasteiger partial charge in [0.15, 0.2) is 6.10 Å². The number of amides is 4. The molecule has 19 nitrogen and oxygen atoms in total. The van der Waals surface area contributed by atoms with Crippen molar-refractivity contribution in [3.63, 3.8) is 0 Å². The number of carbonyl (C=O) groups excluding carboxylic acids is 5. The Morgan fingerprint density at radius 3 is 2.04 bits per heavy atom. The van der Waals surface area contributed by atoms with Crippen molar-refractivity contribution in [2.75, 3.05) is 90.9 Å². The van der Waals surface area contributed by atoms with Gasteiger partial charge in [-0.25, -0.2) is 9.78 Å². The number of carboxylic acids is 1. The highest BCUT2D eigenvalue weighted by Gasteiger charge is 2.38. The molecule has 2 fully saturated rings. The van der Waals surface area contributed by atoms with E-state index in [4.69, 9.17) is 23.7 Å². The summed E-state index contributed by atoms with van der Waals surface area (Å²) in [5.74, 6) is -3.14. The number of aliphatic carboxylic acids is 1. The molecule has 20 heteroatoms. The standard InChI is InChI=1S/C62H91N7O12S/c1-8-45(4)56(60(73)67(7)54(44(2)3)41-55(81-47(6)70)59-65-52(43-82-59)57(71)64-50(39-46(5)61(74)75)40-48-21-15-14-16-22-48)66-58(72)53-25-19-20-29-69(53)32-34-78-36-38-79-37-35-77-33-28-63-62(76)80-42-49-26-30-68(31-27-49)51-23-17-12-10-9-11-13-18-24-51/h9-18,21-24,43-46,49-50,53-56H,8,19-20,25-42H2,1-7H3,(H,63,76)(H,64,71)(H,66,72)(H,74,75)/t45-,46+,50-,53-,54-,55?,56+/m1/s1. The van der Waals surface area contributed by atoms with E-state index in [0.717, 1.165) is 50.9 Å². The van der Waals surface area contributed by atoms with E-state index in [1.807, 2.05) is 100 Å². The van der Waals surface area contributed by atoms with Crippen LogP contribution in [-0.4, -0.2) is 166 Å². The summed E-state index contributed by atoms with van der Waals surface area (Å²) in [5.41, 5.74) is 2.22. The first kappa shape index (κ1) is 66.6. The monoisotopic (exact) mass is 1160 g/mol. The number of esters is 1. The molecule has 1 aromatic heterocycles. The molecule has 4 N–H and O–H groups in total. The number of hydrogen-bond donors (Lipinski definition) is 4. The van der Waals surface area contributed by atoms with Crippen LogP contribution in [0.4, 0.5) is 10.5 Å². The molecule has 1 unspecified atom stereocenters. The van der Waals surface area contributed by atoms with Gasteiger partial charge in [0.25, 0.3) is 5.91 Å². The van der Waals surface area contributed by atoms with Crippen LogP contribution in [-0.2, 0) is 49.3 Å². The number of nitrogens with one attached hydrogen (secondary N) is 3.